The van der Waals surface area contributed by atoms with Crippen LogP contribution in [0, 0.1) is 12.3 Å². The van der Waals surface area contributed by atoms with Gasteiger partial charge in [0, 0.05) is 6.54 Å². The molecule has 0 saturated carbocycles. The predicted octanol–water partition coefficient (Wildman–Crippen LogP) is 1.86. The summed E-state index contributed by atoms with van der Waals surface area (Å²) in [5.41, 5.74) is 1.02. The average Bonchev–Trinajstić information content (AvgIpc) is 2.37. The SMILES string of the molecule is C#CCNCc1cc(OC)c(OC)c(OC)c1.Cl. The second kappa shape index (κ2) is 8.51. The van der Waals surface area contributed by atoms with Gasteiger partial charge in [0.2, 0.25) is 5.75 Å². The molecule has 1 N–H and O–H groups in total. The summed E-state index contributed by atoms with van der Waals surface area (Å²) in [6.07, 6.45) is 5.17. The minimum atomic E-state index is 0. The molecule has 18 heavy (non-hydrogen) atoms. The van der Waals surface area contributed by atoms with E-state index in [9.17, 15) is 0 Å². The topological polar surface area (TPSA) is 39.7 Å². The molecule has 0 bridgehead atoms. The van der Waals surface area contributed by atoms with Crippen LogP contribution in [0.15, 0.2) is 12.1 Å². The summed E-state index contributed by atoms with van der Waals surface area (Å²) in [6, 6.07) is 3.79. The lowest BCUT2D eigenvalue weighted by Crippen LogP contribution is -2.13. The van der Waals surface area contributed by atoms with Gasteiger partial charge in [0.1, 0.15) is 0 Å². The number of halogens is 1. The van der Waals surface area contributed by atoms with Crippen LogP contribution in [-0.2, 0) is 6.54 Å². The van der Waals surface area contributed by atoms with Gasteiger partial charge in [0.15, 0.2) is 11.5 Å². The normalized spacial score (nSPS) is 9.00. The molecule has 0 aliphatic heterocycles. The standard InChI is InChI=1S/C13H17NO3.ClH/c1-5-6-14-9-10-7-11(15-2)13(17-4)12(8-10)16-3;/h1,7-8,14H,6,9H2,2-4H3;1H. The molecule has 0 unspecified atom stereocenters. The van der Waals surface area contributed by atoms with Gasteiger partial charge in [-0.05, 0) is 17.7 Å². The maximum absolute atomic E-state index is 5.25. The van der Waals surface area contributed by atoms with Gasteiger partial charge in [0.05, 0.1) is 27.9 Å². The summed E-state index contributed by atoms with van der Waals surface area (Å²) in [7, 11) is 4.77. The van der Waals surface area contributed by atoms with Crippen molar-refractivity contribution in [2.75, 3.05) is 27.9 Å². The fourth-order valence-electron chi connectivity index (χ4n) is 1.52. The lowest BCUT2D eigenvalue weighted by atomic mass is 10.2. The van der Waals surface area contributed by atoms with Crippen LogP contribution in [0.4, 0.5) is 0 Å². The van der Waals surface area contributed by atoms with Crippen LogP contribution in [0.2, 0.25) is 0 Å². The van der Waals surface area contributed by atoms with E-state index in [1.165, 1.54) is 0 Å². The Balaban J connectivity index is 0.00000289. The molecule has 0 heterocycles. The molecule has 1 aromatic carbocycles. The van der Waals surface area contributed by atoms with Crippen LogP contribution < -0.4 is 19.5 Å². The summed E-state index contributed by atoms with van der Waals surface area (Å²) >= 11 is 0. The van der Waals surface area contributed by atoms with Crippen molar-refractivity contribution < 1.29 is 14.2 Å². The number of nitrogens with one attached hydrogen (secondary N) is 1. The molecule has 0 aliphatic carbocycles. The van der Waals surface area contributed by atoms with Crippen molar-refractivity contribution in [3.05, 3.63) is 17.7 Å². The van der Waals surface area contributed by atoms with Crippen molar-refractivity contribution in [1.82, 2.24) is 5.32 Å². The van der Waals surface area contributed by atoms with E-state index < -0.39 is 0 Å². The van der Waals surface area contributed by atoms with E-state index in [2.05, 4.69) is 11.2 Å². The number of ether oxygens (including phenoxy) is 3. The first-order valence-electron chi connectivity index (χ1n) is 5.19. The summed E-state index contributed by atoms with van der Waals surface area (Å²) in [4.78, 5) is 0. The lowest BCUT2D eigenvalue weighted by Gasteiger charge is -2.14. The number of methoxy groups -OCH3 is 3. The molecule has 0 radical (unpaired) electrons. The van der Waals surface area contributed by atoms with Gasteiger partial charge in [0.25, 0.3) is 0 Å². The molecular formula is C13H18ClNO3. The lowest BCUT2D eigenvalue weighted by molar-refractivity contribution is 0.323. The number of hydrogen-bond acceptors (Lipinski definition) is 4. The van der Waals surface area contributed by atoms with Gasteiger partial charge in [-0.1, -0.05) is 5.92 Å². The van der Waals surface area contributed by atoms with Gasteiger partial charge in [-0.25, -0.2) is 0 Å². The maximum Gasteiger partial charge on any atom is 0.203 e. The summed E-state index contributed by atoms with van der Waals surface area (Å²) in [6.45, 7) is 1.18. The summed E-state index contributed by atoms with van der Waals surface area (Å²) in [5.74, 6) is 4.40. The molecule has 0 atom stereocenters. The van der Waals surface area contributed by atoms with Gasteiger partial charge >= 0.3 is 0 Å². The van der Waals surface area contributed by atoms with Crippen molar-refractivity contribution in [3.8, 4) is 29.6 Å². The Hall–Kier alpha value is -1.57. The highest BCUT2D eigenvalue weighted by atomic mass is 35.5. The molecule has 100 valence electrons. The highest BCUT2D eigenvalue weighted by Gasteiger charge is 2.12. The maximum atomic E-state index is 5.25. The van der Waals surface area contributed by atoms with Crippen molar-refractivity contribution >= 4 is 12.4 Å². The van der Waals surface area contributed by atoms with Crippen LogP contribution >= 0.6 is 12.4 Å². The van der Waals surface area contributed by atoms with Crippen molar-refractivity contribution in [2.45, 2.75) is 6.54 Å². The Morgan fingerprint density at radius 2 is 1.67 bits per heavy atom. The highest BCUT2D eigenvalue weighted by molar-refractivity contribution is 5.85. The molecule has 5 heteroatoms. The quantitative estimate of drug-likeness (QED) is 0.633. The molecule has 0 amide bonds. The van der Waals surface area contributed by atoms with Crippen LogP contribution in [0.1, 0.15) is 5.56 Å². The van der Waals surface area contributed by atoms with Gasteiger partial charge in [-0.2, -0.15) is 0 Å². The number of benzene rings is 1. The molecule has 0 aliphatic rings. The molecule has 4 nitrogen and oxygen atoms in total. The van der Waals surface area contributed by atoms with E-state index in [1.807, 2.05) is 12.1 Å². The number of terminal acetylenes is 1. The van der Waals surface area contributed by atoms with Crippen molar-refractivity contribution in [1.29, 1.82) is 0 Å². The number of hydrogen-bond donors (Lipinski definition) is 1. The second-order valence-electron chi connectivity index (χ2n) is 3.34. The first-order valence-corrected chi connectivity index (χ1v) is 5.19. The Bertz CT molecular complexity index is 390. The minimum absolute atomic E-state index is 0. The molecule has 0 spiro atoms. The summed E-state index contributed by atoms with van der Waals surface area (Å²) < 4.78 is 15.7. The third-order valence-corrected chi connectivity index (χ3v) is 2.28. The van der Waals surface area contributed by atoms with E-state index in [-0.39, 0.29) is 12.4 Å². The van der Waals surface area contributed by atoms with Crippen LogP contribution in [0.3, 0.4) is 0 Å². The Kier molecular flexibility index (Phi) is 7.77. The predicted molar refractivity (Wildman–Crippen MR) is 73.9 cm³/mol. The van der Waals surface area contributed by atoms with Crippen LogP contribution in [0.25, 0.3) is 0 Å². The first kappa shape index (κ1) is 16.4. The first-order chi connectivity index (χ1) is 8.26. The van der Waals surface area contributed by atoms with E-state index in [4.69, 9.17) is 20.6 Å². The molecular weight excluding hydrogens is 254 g/mol. The zero-order valence-electron chi connectivity index (χ0n) is 10.8. The Morgan fingerprint density at radius 1 is 1.11 bits per heavy atom. The Labute approximate surface area is 114 Å². The largest absolute Gasteiger partial charge is 0.493 e. The summed E-state index contributed by atoms with van der Waals surface area (Å²) in [5, 5.41) is 3.10. The third kappa shape index (κ3) is 4.02. The zero-order valence-corrected chi connectivity index (χ0v) is 11.6. The van der Waals surface area contributed by atoms with E-state index in [0.29, 0.717) is 30.3 Å². The van der Waals surface area contributed by atoms with E-state index in [1.54, 1.807) is 21.3 Å². The second-order valence-corrected chi connectivity index (χ2v) is 3.34. The van der Waals surface area contributed by atoms with Gasteiger partial charge < -0.3 is 19.5 Å². The van der Waals surface area contributed by atoms with Crippen LogP contribution in [0.5, 0.6) is 17.2 Å². The molecule has 1 rings (SSSR count). The molecule has 0 fully saturated rings. The van der Waals surface area contributed by atoms with Gasteiger partial charge in [-0.3, -0.25) is 0 Å². The average molecular weight is 272 g/mol. The van der Waals surface area contributed by atoms with Crippen molar-refractivity contribution in [2.24, 2.45) is 0 Å². The van der Waals surface area contributed by atoms with E-state index >= 15 is 0 Å². The van der Waals surface area contributed by atoms with Crippen LogP contribution in [-0.4, -0.2) is 27.9 Å². The smallest absolute Gasteiger partial charge is 0.203 e. The molecule has 1 aromatic rings. The van der Waals surface area contributed by atoms with Crippen molar-refractivity contribution in [3.63, 3.8) is 0 Å². The Morgan fingerprint density at radius 3 is 2.06 bits per heavy atom. The van der Waals surface area contributed by atoms with Gasteiger partial charge in [-0.15, -0.1) is 18.8 Å². The fourth-order valence-corrected chi connectivity index (χ4v) is 1.52. The highest BCUT2D eigenvalue weighted by Crippen LogP contribution is 2.38. The fraction of sp³-hybridized carbons (Fsp3) is 0.385. The third-order valence-electron chi connectivity index (χ3n) is 2.28. The monoisotopic (exact) mass is 271 g/mol. The molecule has 0 aromatic heterocycles. The van der Waals surface area contributed by atoms with E-state index in [0.717, 1.165) is 5.56 Å². The minimum Gasteiger partial charge on any atom is -0.493 e. The zero-order chi connectivity index (χ0) is 12.7. The molecule has 0 saturated heterocycles. The number of rotatable bonds is 6.